The SMILES string of the molecule is Cc1ccccc1C(=O)NCCC(=O)OC(C)C(=O)N(Cc1ccccc1)Cc1ccccc1. The van der Waals surface area contributed by atoms with Crippen molar-refractivity contribution in [2.24, 2.45) is 0 Å². The highest BCUT2D eigenvalue weighted by Gasteiger charge is 2.24. The number of amides is 2. The average Bonchev–Trinajstić information content (AvgIpc) is 2.84. The summed E-state index contributed by atoms with van der Waals surface area (Å²) in [5, 5.41) is 2.73. The molecule has 176 valence electrons. The zero-order valence-electron chi connectivity index (χ0n) is 19.6. The van der Waals surface area contributed by atoms with E-state index in [0.717, 1.165) is 16.7 Å². The van der Waals surface area contributed by atoms with E-state index in [1.165, 1.54) is 0 Å². The largest absolute Gasteiger partial charge is 0.452 e. The van der Waals surface area contributed by atoms with Gasteiger partial charge in [0.05, 0.1) is 6.42 Å². The van der Waals surface area contributed by atoms with Crippen LogP contribution in [0.4, 0.5) is 0 Å². The molecule has 2 amide bonds. The molecule has 6 heteroatoms. The van der Waals surface area contributed by atoms with Crippen LogP contribution in [0.2, 0.25) is 0 Å². The van der Waals surface area contributed by atoms with E-state index >= 15 is 0 Å². The number of carbonyl (C=O) groups excluding carboxylic acids is 3. The Kier molecular flexibility index (Phi) is 8.97. The van der Waals surface area contributed by atoms with E-state index in [1.807, 2.05) is 79.7 Å². The fourth-order valence-corrected chi connectivity index (χ4v) is 3.58. The Morgan fingerprint density at radius 2 is 1.35 bits per heavy atom. The molecule has 0 aliphatic rings. The monoisotopic (exact) mass is 458 g/mol. The van der Waals surface area contributed by atoms with Crippen LogP contribution in [0, 0.1) is 6.92 Å². The lowest BCUT2D eigenvalue weighted by atomic mass is 10.1. The summed E-state index contributed by atoms with van der Waals surface area (Å²) in [5.41, 5.74) is 3.41. The third kappa shape index (κ3) is 7.30. The van der Waals surface area contributed by atoms with Crippen molar-refractivity contribution < 1.29 is 19.1 Å². The number of rotatable bonds is 10. The summed E-state index contributed by atoms with van der Waals surface area (Å²) in [6.45, 7) is 4.37. The highest BCUT2D eigenvalue weighted by Crippen LogP contribution is 2.13. The van der Waals surface area contributed by atoms with Crippen molar-refractivity contribution in [3.8, 4) is 0 Å². The fraction of sp³-hybridized carbons (Fsp3) is 0.250. The van der Waals surface area contributed by atoms with Crippen molar-refractivity contribution in [2.45, 2.75) is 39.5 Å². The molecule has 0 saturated heterocycles. The molecule has 0 aliphatic carbocycles. The number of aryl methyl sites for hydroxylation is 1. The van der Waals surface area contributed by atoms with Crippen molar-refractivity contribution in [3.05, 3.63) is 107 Å². The summed E-state index contributed by atoms with van der Waals surface area (Å²) in [7, 11) is 0. The zero-order chi connectivity index (χ0) is 24.3. The molecule has 0 aliphatic heterocycles. The summed E-state index contributed by atoms with van der Waals surface area (Å²) < 4.78 is 5.40. The summed E-state index contributed by atoms with van der Waals surface area (Å²) in [5.74, 6) is -1.05. The molecule has 3 aromatic rings. The average molecular weight is 459 g/mol. The van der Waals surface area contributed by atoms with Gasteiger partial charge in [-0.05, 0) is 36.6 Å². The van der Waals surface area contributed by atoms with Crippen molar-refractivity contribution in [2.75, 3.05) is 6.54 Å². The molecule has 0 fully saturated rings. The summed E-state index contributed by atoms with van der Waals surface area (Å²) in [6.07, 6.45) is -0.959. The van der Waals surface area contributed by atoms with Crippen LogP contribution in [-0.4, -0.2) is 35.3 Å². The predicted octanol–water partition coefficient (Wildman–Crippen LogP) is 4.28. The van der Waals surface area contributed by atoms with Gasteiger partial charge in [-0.2, -0.15) is 0 Å². The Morgan fingerprint density at radius 1 is 0.824 bits per heavy atom. The van der Waals surface area contributed by atoms with Crippen LogP contribution in [0.5, 0.6) is 0 Å². The minimum Gasteiger partial charge on any atom is -0.452 e. The first-order valence-electron chi connectivity index (χ1n) is 11.3. The van der Waals surface area contributed by atoms with Crippen LogP contribution in [0.25, 0.3) is 0 Å². The van der Waals surface area contributed by atoms with Crippen molar-refractivity contribution in [1.29, 1.82) is 0 Å². The summed E-state index contributed by atoms with van der Waals surface area (Å²) >= 11 is 0. The van der Waals surface area contributed by atoms with Crippen LogP contribution < -0.4 is 5.32 Å². The van der Waals surface area contributed by atoms with Crippen LogP contribution in [-0.2, 0) is 27.4 Å². The smallest absolute Gasteiger partial charge is 0.308 e. The predicted molar refractivity (Wildman–Crippen MR) is 131 cm³/mol. The topological polar surface area (TPSA) is 75.7 Å². The molecule has 0 spiro atoms. The van der Waals surface area contributed by atoms with Gasteiger partial charge in [-0.25, -0.2) is 0 Å². The van der Waals surface area contributed by atoms with Gasteiger partial charge in [0.2, 0.25) is 0 Å². The van der Waals surface area contributed by atoms with Crippen molar-refractivity contribution in [3.63, 3.8) is 0 Å². The minimum atomic E-state index is -0.938. The molecule has 3 rings (SSSR count). The van der Waals surface area contributed by atoms with Crippen LogP contribution in [0.15, 0.2) is 84.9 Å². The Balaban J connectivity index is 1.55. The van der Waals surface area contributed by atoms with Gasteiger partial charge in [-0.3, -0.25) is 14.4 Å². The highest BCUT2D eigenvalue weighted by atomic mass is 16.5. The van der Waals surface area contributed by atoms with Gasteiger partial charge in [-0.1, -0.05) is 78.9 Å². The van der Waals surface area contributed by atoms with Crippen LogP contribution in [0.1, 0.15) is 40.4 Å². The molecule has 0 saturated carbocycles. The Labute approximate surface area is 200 Å². The van der Waals surface area contributed by atoms with Gasteiger partial charge in [0, 0.05) is 25.2 Å². The van der Waals surface area contributed by atoms with Gasteiger partial charge < -0.3 is 15.0 Å². The molecule has 6 nitrogen and oxygen atoms in total. The number of hydrogen-bond donors (Lipinski definition) is 1. The molecule has 34 heavy (non-hydrogen) atoms. The second-order valence-electron chi connectivity index (χ2n) is 8.12. The minimum absolute atomic E-state index is 0.0212. The van der Waals surface area contributed by atoms with Crippen LogP contribution in [0.3, 0.4) is 0 Å². The van der Waals surface area contributed by atoms with E-state index in [0.29, 0.717) is 18.7 Å². The number of hydrogen-bond acceptors (Lipinski definition) is 4. The molecule has 0 aromatic heterocycles. The second-order valence-corrected chi connectivity index (χ2v) is 8.12. The van der Waals surface area contributed by atoms with E-state index in [-0.39, 0.29) is 24.8 Å². The first kappa shape index (κ1) is 24.7. The summed E-state index contributed by atoms with van der Waals surface area (Å²) in [6, 6.07) is 26.6. The second kappa shape index (κ2) is 12.3. The van der Waals surface area contributed by atoms with Gasteiger partial charge in [0.1, 0.15) is 0 Å². The molecular formula is C28H30N2O4. The van der Waals surface area contributed by atoms with Crippen molar-refractivity contribution in [1.82, 2.24) is 10.2 Å². The Morgan fingerprint density at radius 3 is 1.91 bits per heavy atom. The molecular weight excluding hydrogens is 428 g/mol. The number of benzene rings is 3. The van der Waals surface area contributed by atoms with E-state index in [4.69, 9.17) is 4.74 Å². The first-order valence-corrected chi connectivity index (χ1v) is 11.3. The maximum atomic E-state index is 13.2. The molecule has 0 bridgehead atoms. The summed E-state index contributed by atoms with van der Waals surface area (Å²) in [4.78, 5) is 39.5. The van der Waals surface area contributed by atoms with Gasteiger partial charge in [0.15, 0.2) is 6.10 Å². The molecule has 1 unspecified atom stereocenters. The normalized spacial score (nSPS) is 11.4. The number of nitrogens with zero attached hydrogens (tertiary/aromatic N) is 1. The van der Waals surface area contributed by atoms with E-state index in [1.54, 1.807) is 24.0 Å². The van der Waals surface area contributed by atoms with E-state index in [2.05, 4.69) is 5.32 Å². The van der Waals surface area contributed by atoms with E-state index < -0.39 is 12.1 Å². The number of nitrogens with one attached hydrogen (secondary N) is 1. The third-order valence-corrected chi connectivity index (χ3v) is 5.40. The molecule has 1 N–H and O–H groups in total. The fourth-order valence-electron chi connectivity index (χ4n) is 3.58. The lowest BCUT2D eigenvalue weighted by Crippen LogP contribution is -2.39. The lowest BCUT2D eigenvalue weighted by molar-refractivity contribution is -0.159. The molecule has 3 aromatic carbocycles. The Bertz CT molecular complexity index is 1060. The lowest BCUT2D eigenvalue weighted by Gasteiger charge is -2.26. The number of ether oxygens (including phenoxy) is 1. The zero-order valence-corrected chi connectivity index (χ0v) is 19.6. The van der Waals surface area contributed by atoms with Crippen molar-refractivity contribution >= 4 is 17.8 Å². The van der Waals surface area contributed by atoms with Crippen LogP contribution >= 0.6 is 0 Å². The van der Waals surface area contributed by atoms with E-state index in [9.17, 15) is 14.4 Å². The Hall–Kier alpha value is -3.93. The van der Waals surface area contributed by atoms with Gasteiger partial charge in [0.25, 0.3) is 11.8 Å². The van der Waals surface area contributed by atoms with Gasteiger partial charge in [-0.15, -0.1) is 0 Å². The molecule has 0 radical (unpaired) electrons. The molecule has 0 heterocycles. The maximum absolute atomic E-state index is 13.2. The van der Waals surface area contributed by atoms with Gasteiger partial charge >= 0.3 is 5.97 Å². The number of esters is 1. The third-order valence-electron chi connectivity index (χ3n) is 5.40. The highest BCUT2D eigenvalue weighted by molar-refractivity contribution is 5.95. The standard InChI is InChI=1S/C28H30N2O4/c1-21-11-9-10-16-25(21)27(32)29-18-17-26(31)34-22(2)28(33)30(19-23-12-5-3-6-13-23)20-24-14-7-4-8-15-24/h3-16,22H,17-20H2,1-2H3,(H,29,32). The maximum Gasteiger partial charge on any atom is 0.308 e. The quantitative estimate of drug-likeness (QED) is 0.460. The number of carbonyl (C=O) groups is 3. The molecule has 1 atom stereocenters. The first-order chi connectivity index (χ1) is 16.4.